The lowest BCUT2D eigenvalue weighted by atomic mass is 10.0. The molecule has 0 spiro atoms. The van der Waals surface area contributed by atoms with Crippen molar-refractivity contribution in [3.8, 4) is 0 Å². The van der Waals surface area contributed by atoms with Gasteiger partial charge in [0.25, 0.3) is 0 Å². The summed E-state index contributed by atoms with van der Waals surface area (Å²) in [6.45, 7) is 2.43. The highest BCUT2D eigenvalue weighted by molar-refractivity contribution is 5.70. The Morgan fingerprint density at radius 1 is 1.27 bits per heavy atom. The molecule has 3 rings (SSSR count). The third-order valence-electron chi connectivity index (χ3n) is 4.86. The Morgan fingerprint density at radius 3 is 2.62 bits per heavy atom. The number of nitrogens with zero attached hydrogens (tertiary/aromatic N) is 5. The van der Waals surface area contributed by atoms with E-state index in [-0.39, 0.29) is 17.5 Å². The number of nitrogens with one attached hydrogen (secondary N) is 1. The van der Waals surface area contributed by atoms with Crippen molar-refractivity contribution in [1.29, 1.82) is 0 Å². The van der Waals surface area contributed by atoms with Gasteiger partial charge >= 0.3 is 5.69 Å². The predicted molar refractivity (Wildman–Crippen MR) is 101 cm³/mol. The smallest absolute Gasteiger partial charge is 0.353 e. The summed E-state index contributed by atoms with van der Waals surface area (Å²) >= 11 is 0. The van der Waals surface area contributed by atoms with E-state index in [9.17, 15) is 10.1 Å². The third-order valence-corrected chi connectivity index (χ3v) is 4.86. The van der Waals surface area contributed by atoms with Crippen molar-refractivity contribution in [2.24, 2.45) is 0 Å². The van der Waals surface area contributed by atoms with Crippen molar-refractivity contribution >= 4 is 17.3 Å². The predicted octanol–water partition coefficient (Wildman–Crippen LogP) is 2.53. The Bertz CT molecular complexity index is 747. The van der Waals surface area contributed by atoms with E-state index in [1.54, 1.807) is 0 Å². The molecule has 0 aliphatic carbocycles. The zero-order valence-electron chi connectivity index (χ0n) is 15.1. The maximum Gasteiger partial charge on any atom is 0.353 e. The molecule has 26 heavy (non-hydrogen) atoms. The van der Waals surface area contributed by atoms with Gasteiger partial charge in [-0.25, -0.2) is 9.97 Å². The van der Waals surface area contributed by atoms with Crippen LogP contribution in [0.3, 0.4) is 0 Å². The molecular formula is C18H24N6O2. The fourth-order valence-electron chi connectivity index (χ4n) is 3.26. The van der Waals surface area contributed by atoms with Gasteiger partial charge in [-0.15, -0.1) is 0 Å². The first-order valence-corrected chi connectivity index (χ1v) is 8.75. The molecule has 0 amide bonds. The van der Waals surface area contributed by atoms with Gasteiger partial charge < -0.3 is 15.1 Å². The minimum atomic E-state index is -0.395. The van der Waals surface area contributed by atoms with Gasteiger partial charge in [0.2, 0.25) is 11.6 Å². The third kappa shape index (κ3) is 4.08. The summed E-state index contributed by atoms with van der Waals surface area (Å²) < 4.78 is 0. The summed E-state index contributed by atoms with van der Waals surface area (Å²) in [5, 5.41) is 14.8. The number of likely N-dealkylation sites (tertiary alicyclic amines) is 1. The van der Waals surface area contributed by atoms with Crippen molar-refractivity contribution in [1.82, 2.24) is 14.9 Å². The van der Waals surface area contributed by atoms with Crippen molar-refractivity contribution < 1.29 is 4.92 Å². The van der Waals surface area contributed by atoms with E-state index in [2.05, 4.69) is 27.2 Å². The summed E-state index contributed by atoms with van der Waals surface area (Å²) in [6.07, 6.45) is 3.31. The minimum Gasteiger partial charge on any atom is -0.360 e. The van der Waals surface area contributed by atoms with Gasteiger partial charge in [-0.05, 0) is 38.5 Å². The zero-order chi connectivity index (χ0) is 18.5. The number of anilines is 2. The molecule has 0 bridgehead atoms. The highest BCUT2D eigenvalue weighted by atomic mass is 16.6. The first-order chi connectivity index (χ1) is 12.6. The molecule has 2 heterocycles. The number of nitro groups is 1. The molecule has 8 heteroatoms. The van der Waals surface area contributed by atoms with Crippen molar-refractivity contribution in [2.45, 2.75) is 25.4 Å². The van der Waals surface area contributed by atoms with E-state index in [4.69, 9.17) is 0 Å². The fourth-order valence-corrected chi connectivity index (χ4v) is 3.26. The Labute approximate surface area is 153 Å². The van der Waals surface area contributed by atoms with Crippen LogP contribution in [0.2, 0.25) is 0 Å². The van der Waals surface area contributed by atoms with Gasteiger partial charge in [0.05, 0.1) is 4.92 Å². The van der Waals surface area contributed by atoms with Crippen LogP contribution < -0.4 is 10.2 Å². The molecule has 138 valence electrons. The highest BCUT2D eigenvalue weighted by Crippen LogP contribution is 2.33. The second-order valence-corrected chi connectivity index (χ2v) is 6.64. The van der Waals surface area contributed by atoms with Crippen molar-refractivity contribution in [3.05, 3.63) is 52.3 Å². The topological polar surface area (TPSA) is 87.4 Å². The molecule has 0 unspecified atom stereocenters. The van der Waals surface area contributed by atoms with Crippen LogP contribution in [0.1, 0.15) is 18.4 Å². The Morgan fingerprint density at radius 2 is 1.96 bits per heavy atom. The molecule has 1 aliphatic rings. The number of aromatic nitrogens is 2. The molecule has 2 aromatic rings. The molecule has 1 saturated heterocycles. The molecule has 1 aromatic carbocycles. The molecular weight excluding hydrogens is 332 g/mol. The lowest BCUT2D eigenvalue weighted by molar-refractivity contribution is -0.383. The number of piperidine rings is 1. The van der Waals surface area contributed by atoms with Crippen LogP contribution in [0.5, 0.6) is 0 Å². The largest absolute Gasteiger partial charge is 0.360 e. The lowest BCUT2D eigenvalue weighted by Crippen LogP contribution is -2.42. The van der Waals surface area contributed by atoms with Crippen LogP contribution in [-0.4, -0.2) is 53.0 Å². The molecule has 1 aliphatic heterocycles. The quantitative estimate of drug-likeness (QED) is 0.628. The summed E-state index contributed by atoms with van der Waals surface area (Å²) in [5.41, 5.74) is 0.968. The van der Waals surface area contributed by atoms with Gasteiger partial charge in [0.15, 0.2) is 0 Å². The van der Waals surface area contributed by atoms with Gasteiger partial charge in [-0.2, -0.15) is 0 Å². The van der Waals surface area contributed by atoms with E-state index in [1.165, 1.54) is 6.33 Å². The number of hydrogen-bond acceptors (Lipinski definition) is 7. The summed E-state index contributed by atoms with van der Waals surface area (Å²) in [6, 6.07) is 9.97. The second kappa shape index (κ2) is 8.09. The number of rotatable bonds is 6. The molecule has 0 atom stereocenters. The highest BCUT2D eigenvalue weighted by Gasteiger charge is 2.30. The monoisotopic (exact) mass is 356 g/mol. The number of benzene rings is 1. The summed E-state index contributed by atoms with van der Waals surface area (Å²) in [7, 11) is 3.97. The average molecular weight is 356 g/mol. The standard InChI is InChI=1S/C18H24N6O2/c1-22-10-8-15(9-11-22)23(2)18-16(24(25)26)17(20-13-21-18)19-12-14-6-4-3-5-7-14/h3-7,13,15H,8-12H2,1-2H3,(H,19,20,21). The van der Waals surface area contributed by atoms with Crippen molar-refractivity contribution in [3.63, 3.8) is 0 Å². The second-order valence-electron chi connectivity index (χ2n) is 6.64. The van der Waals surface area contributed by atoms with Crippen LogP contribution in [0, 0.1) is 10.1 Å². The van der Waals surface area contributed by atoms with Gasteiger partial charge in [0.1, 0.15) is 6.33 Å². The molecule has 1 fully saturated rings. The van der Waals surface area contributed by atoms with Crippen LogP contribution in [-0.2, 0) is 6.54 Å². The Hall–Kier alpha value is -2.74. The molecule has 1 N–H and O–H groups in total. The maximum atomic E-state index is 11.7. The van der Waals surface area contributed by atoms with Crippen LogP contribution in [0.15, 0.2) is 36.7 Å². The molecule has 0 saturated carbocycles. The van der Waals surface area contributed by atoms with E-state index in [0.29, 0.717) is 12.4 Å². The van der Waals surface area contributed by atoms with Crippen LogP contribution in [0.25, 0.3) is 0 Å². The first kappa shape index (κ1) is 18.1. The molecule has 0 radical (unpaired) electrons. The minimum absolute atomic E-state index is 0.0649. The number of hydrogen-bond donors (Lipinski definition) is 1. The van der Waals surface area contributed by atoms with Crippen LogP contribution >= 0.6 is 0 Å². The molecule has 8 nitrogen and oxygen atoms in total. The summed E-state index contributed by atoms with van der Waals surface area (Å²) in [4.78, 5) is 23.9. The average Bonchev–Trinajstić information content (AvgIpc) is 2.66. The SMILES string of the molecule is CN1CCC(N(C)c2ncnc(NCc3ccccc3)c2[N+](=O)[O-])CC1. The normalized spacial score (nSPS) is 15.6. The van der Waals surface area contributed by atoms with E-state index in [0.717, 1.165) is 31.5 Å². The molecule has 1 aromatic heterocycles. The first-order valence-electron chi connectivity index (χ1n) is 8.75. The zero-order valence-corrected chi connectivity index (χ0v) is 15.1. The lowest BCUT2D eigenvalue weighted by Gasteiger charge is -2.35. The fraction of sp³-hybridized carbons (Fsp3) is 0.444. The Balaban J connectivity index is 1.82. The van der Waals surface area contributed by atoms with Crippen LogP contribution in [0.4, 0.5) is 17.3 Å². The van der Waals surface area contributed by atoms with Gasteiger partial charge in [-0.1, -0.05) is 30.3 Å². The Kier molecular flexibility index (Phi) is 5.62. The van der Waals surface area contributed by atoms with E-state index >= 15 is 0 Å². The van der Waals surface area contributed by atoms with Gasteiger partial charge in [-0.3, -0.25) is 10.1 Å². The van der Waals surface area contributed by atoms with Crippen molar-refractivity contribution in [2.75, 3.05) is 37.4 Å². The van der Waals surface area contributed by atoms with E-state index < -0.39 is 4.92 Å². The summed E-state index contributed by atoms with van der Waals surface area (Å²) in [5.74, 6) is 0.624. The van der Waals surface area contributed by atoms with Gasteiger partial charge in [0, 0.05) is 19.6 Å². The maximum absolute atomic E-state index is 11.7. The van der Waals surface area contributed by atoms with E-state index in [1.807, 2.05) is 42.3 Å².